The van der Waals surface area contributed by atoms with Crippen molar-refractivity contribution >= 4 is 35.8 Å². The summed E-state index contributed by atoms with van der Waals surface area (Å²) in [6.45, 7) is 51.7. The highest BCUT2D eigenvalue weighted by Crippen LogP contribution is 2.76. The van der Waals surface area contributed by atoms with Crippen LogP contribution in [0.5, 0.6) is 0 Å². The quantitative estimate of drug-likeness (QED) is 0.0609. The van der Waals surface area contributed by atoms with Gasteiger partial charge in [0.05, 0.1) is 35.5 Å². The van der Waals surface area contributed by atoms with Crippen molar-refractivity contribution in [3.63, 3.8) is 0 Å². The topological polar surface area (TPSA) is 158 Å². The summed E-state index contributed by atoms with van der Waals surface area (Å²) in [5, 5.41) is 0. The van der Waals surface area contributed by atoms with Gasteiger partial charge in [0.2, 0.25) is 0 Å². The van der Waals surface area contributed by atoms with E-state index in [1.165, 1.54) is 135 Å². The van der Waals surface area contributed by atoms with Crippen molar-refractivity contribution in [1.29, 1.82) is 0 Å². The molecule has 0 radical (unpaired) electrons. The Balaban J connectivity index is 0.000000120. The van der Waals surface area contributed by atoms with Crippen molar-refractivity contribution in [1.82, 2.24) is 0 Å². The molecule has 18 saturated carbocycles. The molecule has 0 heterocycles. The molecule has 36 unspecified atom stereocenters. The van der Waals surface area contributed by atoms with Gasteiger partial charge in [-0.2, -0.15) is 0 Å². The standard InChI is InChI=1S/C19H30O2.C18H28O2.C17H28O2.C17H30O2.C16H26O2.C16H28O2/c1-4-11(3)18(20)21-19(5-2)10-14-9-15(19)17-13-7-6-12(8-13)16(14)17;1-4-10(2)17(19)20-18(3)9-13-8-14(18)16-12-6-5-11(7-12)15(13)16;1-4-11(3)16(18)19-17(5-2)10-12-9-15(17)14-8-6-7-13(12)14;1-7-12(3)14(18)19-17(8-2)11-13-9-10-16(17,6)15(13,4)5;1-4-10(2)15(17)18-16(3)9-11-8-14(16)13-7-5-6-12(11)13;1-7-11(2)13(17)18-16(6)10-12-8-9-15(16,5)14(12,3)4/h11-17H,4-10H2,1-3H3;10-16H,4-9H2,1-3H3;11-15H,4-10H2,1-3H3;12-13H,7-11H2,1-6H3;10-14H,4-9H2,1-3H3;11-12H,7-10H2,1-6H3. The molecule has 18 aliphatic rings. The van der Waals surface area contributed by atoms with Gasteiger partial charge in [-0.1, -0.05) is 158 Å². The largest absolute Gasteiger partial charge is 0.459 e. The van der Waals surface area contributed by atoms with Crippen molar-refractivity contribution in [3.8, 4) is 0 Å². The molecule has 36 atom stereocenters. The van der Waals surface area contributed by atoms with Crippen molar-refractivity contribution < 1.29 is 57.2 Å². The van der Waals surface area contributed by atoms with Crippen LogP contribution in [0.15, 0.2) is 0 Å². The highest BCUT2D eigenvalue weighted by atomic mass is 16.6. The zero-order valence-corrected chi connectivity index (χ0v) is 77.8. The van der Waals surface area contributed by atoms with E-state index in [2.05, 4.69) is 118 Å². The Labute approximate surface area is 701 Å². The molecular formula is C103H170O12. The Bertz CT molecular complexity index is 3470. The predicted molar refractivity (Wildman–Crippen MR) is 458 cm³/mol. The summed E-state index contributed by atoms with van der Waals surface area (Å²) >= 11 is 0. The molecule has 115 heavy (non-hydrogen) atoms. The zero-order chi connectivity index (χ0) is 83.6. The van der Waals surface area contributed by atoms with E-state index in [0.717, 1.165) is 185 Å². The van der Waals surface area contributed by atoms with E-state index < -0.39 is 0 Å². The first-order valence-corrected chi connectivity index (χ1v) is 49.6. The lowest BCUT2D eigenvalue weighted by molar-refractivity contribution is -0.184. The molecule has 18 rings (SSSR count). The number of hydrogen-bond donors (Lipinski definition) is 0. The van der Waals surface area contributed by atoms with E-state index in [1.54, 1.807) is 0 Å². The fraction of sp³-hybridized carbons (Fsp3) is 0.942. The SMILES string of the molecule is CCC(C)C(=O)OC1(C)CC2CC1C1C3CCC(C3)C21.CCC(C)C(=O)OC1(C)CC2CC1C1CCCC21.CCC(C)C(=O)OC1(C)CC2CCC1(C)C2(C)C.CCC(C)C(=O)OC1(CC)CC2CC1C1C3CCC(C3)C21.CCC(C)C(=O)OC1(CC)CC2CC1C1CCCC21.CCC(C)C(=O)OC1(CC)CC2CCC1(C)C2(C)C. The maximum Gasteiger partial charge on any atom is 0.309 e. The Morgan fingerprint density at radius 1 is 0.296 bits per heavy atom. The smallest absolute Gasteiger partial charge is 0.309 e. The van der Waals surface area contributed by atoms with Crippen LogP contribution < -0.4 is 0 Å². The third-order valence-corrected chi connectivity index (χ3v) is 41.3. The minimum Gasteiger partial charge on any atom is -0.459 e. The Morgan fingerprint density at radius 3 is 1.06 bits per heavy atom. The maximum absolute atomic E-state index is 12.4. The molecule has 0 amide bonds. The monoisotopic (exact) mass is 1600 g/mol. The fourth-order valence-corrected chi connectivity index (χ4v) is 32.4. The number of carbonyl (C=O) groups is 6. The molecule has 12 heteroatoms. The molecule has 0 spiro atoms. The number of rotatable bonds is 21. The summed E-state index contributed by atoms with van der Waals surface area (Å²) < 4.78 is 36.5. The van der Waals surface area contributed by atoms with Crippen LogP contribution in [0.2, 0.25) is 0 Å². The minimum absolute atomic E-state index is 0.00826. The second kappa shape index (κ2) is 33.5. The summed E-state index contributed by atoms with van der Waals surface area (Å²) in [7, 11) is 0. The van der Waals surface area contributed by atoms with Gasteiger partial charge in [0.25, 0.3) is 0 Å². The first-order chi connectivity index (χ1) is 54.2. The highest BCUT2D eigenvalue weighted by molar-refractivity contribution is 5.75. The number of esters is 6. The second-order valence-electron chi connectivity index (χ2n) is 46.1. The maximum atomic E-state index is 12.4. The fourth-order valence-electron chi connectivity index (χ4n) is 32.4. The number of hydrogen-bond acceptors (Lipinski definition) is 12. The van der Waals surface area contributed by atoms with Gasteiger partial charge >= 0.3 is 35.8 Å². The van der Waals surface area contributed by atoms with Gasteiger partial charge in [0.1, 0.15) is 33.6 Å². The van der Waals surface area contributed by atoms with Gasteiger partial charge in [0.15, 0.2) is 0 Å². The van der Waals surface area contributed by atoms with Crippen LogP contribution in [-0.4, -0.2) is 69.4 Å². The summed E-state index contributed by atoms with van der Waals surface area (Å²) in [5.74, 6) is 19.4. The molecule has 18 fully saturated rings. The number of carbonyl (C=O) groups excluding carboxylic acids is 6. The molecule has 16 bridgehead atoms. The van der Waals surface area contributed by atoms with Crippen LogP contribution in [0.1, 0.15) is 391 Å². The Morgan fingerprint density at radius 2 is 0.635 bits per heavy atom. The van der Waals surface area contributed by atoms with Gasteiger partial charge in [-0.15, -0.1) is 0 Å². The van der Waals surface area contributed by atoms with Gasteiger partial charge in [0, 0.05) is 34.5 Å². The third kappa shape index (κ3) is 15.0. The number of fused-ring (bicyclic) bond motifs is 32. The average Bonchev–Trinajstić information content (AvgIpc) is 1.53. The number of ether oxygens (including phenoxy) is 6. The first-order valence-electron chi connectivity index (χ1n) is 49.6. The molecule has 0 aromatic rings. The predicted octanol–water partition coefficient (Wildman–Crippen LogP) is 25.2. The molecule has 12 nitrogen and oxygen atoms in total. The average molecular weight is 1600 g/mol. The molecule has 0 aromatic carbocycles. The van der Waals surface area contributed by atoms with E-state index in [0.29, 0.717) is 40.9 Å². The van der Waals surface area contributed by atoms with Crippen LogP contribution in [0.25, 0.3) is 0 Å². The van der Waals surface area contributed by atoms with Crippen molar-refractivity contribution in [2.24, 2.45) is 187 Å². The summed E-state index contributed by atoms with van der Waals surface area (Å²) in [6.07, 6.45) is 42.6. The highest BCUT2D eigenvalue weighted by Gasteiger charge is 2.73. The summed E-state index contributed by atoms with van der Waals surface area (Å²) in [4.78, 5) is 73.4. The van der Waals surface area contributed by atoms with Crippen LogP contribution >= 0.6 is 0 Å². The van der Waals surface area contributed by atoms with E-state index >= 15 is 0 Å². The third-order valence-electron chi connectivity index (χ3n) is 41.3. The molecular weight excluding hydrogens is 1430 g/mol. The molecule has 0 saturated heterocycles. The van der Waals surface area contributed by atoms with Gasteiger partial charge < -0.3 is 28.4 Å². The molecule has 18 aliphatic carbocycles. The Hall–Kier alpha value is -3.18. The van der Waals surface area contributed by atoms with Crippen LogP contribution in [-0.2, 0) is 57.2 Å². The molecule has 0 N–H and O–H groups in total. The lowest BCUT2D eigenvalue weighted by atomic mass is 9.63. The van der Waals surface area contributed by atoms with Gasteiger partial charge in [-0.3, -0.25) is 28.8 Å². The van der Waals surface area contributed by atoms with Crippen LogP contribution in [0.3, 0.4) is 0 Å². The minimum atomic E-state index is -0.264. The zero-order valence-electron chi connectivity index (χ0n) is 77.8. The summed E-state index contributed by atoms with van der Waals surface area (Å²) in [6, 6.07) is 0. The van der Waals surface area contributed by atoms with Crippen molar-refractivity contribution in [2.75, 3.05) is 0 Å². The van der Waals surface area contributed by atoms with Gasteiger partial charge in [-0.05, 0) is 350 Å². The van der Waals surface area contributed by atoms with E-state index in [1.807, 2.05) is 48.5 Å². The van der Waals surface area contributed by atoms with Crippen LogP contribution in [0.4, 0.5) is 0 Å². The molecule has 0 aliphatic heterocycles. The van der Waals surface area contributed by atoms with Crippen molar-refractivity contribution in [3.05, 3.63) is 0 Å². The molecule has 654 valence electrons. The van der Waals surface area contributed by atoms with Crippen LogP contribution in [0, 0.1) is 187 Å². The Kier molecular flexibility index (Phi) is 26.1. The summed E-state index contributed by atoms with van der Waals surface area (Å²) in [5.41, 5.74) is -0.118. The van der Waals surface area contributed by atoms with Crippen molar-refractivity contribution in [2.45, 2.75) is 425 Å². The first kappa shape index (κ1) is 89.6. The van der Waals surface area contributed by atoms with E-state index in [9.17, 15) is 28.8 Å². The second-order valence-corrected chi connectivity index (χ2v) is 46.1. The van der Waals surface area contributed by atoms with E-state index in [4.69, 9.17) is 28.4 Å². The van der Waals surface area contributed by atoms with Gasteiger partial charge in [-0.25, -0.2) is 0 Å². The van der Waals surface area contributed by atoms with E-state index in [-0.39, 0.29) is 121 Å². The molecule has 0 aromatic heterocycles. The normalized spacial score (nSPS) is 47.0. The lowest BCUT2D eigenvalue weighted by Crippen LogP contribution is -2.50. The lowest BCUT2D eigenvalue weighted by Gasteiger charge is -2.47.